The van der Waals surface area contributed by atoms with Crippen molar-refractivity contribution >= 4 is 11.9 Å². The molecular weight excluding hydrogens is 220 g/mol. The lowest BCUT2D eigenvalue weighted by Crippen LogP contribution is -2.25. The number of hydrogen-bond donors (Lipinski definition) is 2. The fraction of sp³-hybridized carbons (Fsp3) is 0.846. The van der Waals surface area contributed by atoms with Crippen LogP contribution in [0.3, 0.4) is 0 Å². The molecule has 17 heavy (non-hydrogen) atoms. The van der Waals surface area contributed by atoms with Crippen LogP contribution in [0.4, 0.5) is 0 Å². The molecule has 4 atom stereocenters. The number of aliphatic carboxylic acids is 2. The second kappa shape index (κ2) is 4.31. The summed E-state index contributed by atoms with van der Waals surface area (Å²) in [5.41, 5.74) is -0.106. The predicted octanol–water partition coefficient (Wildman–Crippen LogP) is 2.38. The van der Waals surface area contributed by atoms with Gasteiger partial charge in [-0.25, -0.2) is 0 Å². The lowest BCUT2D eigenvalue weighted by atomic mass is 9.76. The van der Waals surface area contributed by atoms with Crippen LogP contribution in [0.2, 0.25) is 0 Å². The summed E-state index contributed by atoms with van der Waals surface area (Å²) in [6, 6.07) is 0. The van der Waals surface area contributed by atoms with E-state index in [2.05, 4.69) is 6.92 Å². The first-order chi connectivity index (χ1) is 7.94. The van der Waals surface area contributed by atoms with E-state index >= 15 is 0 Å². The molecule has 0 amide bonds. The summed E-state index contributed by atoms with van der Waals surface area (Å²) in [5.74, 6) is -0.555. The molecule has 2 saturated carbocycles. The van der Waals surface area contributed by atoms with E-state index in [-0.39, 0.29) is 24.2 Å². The fourth-order valence-corrected chi connectivity index (χ4v) is 4.35. The molecule has 2 N–H and O–H groups in total. The molecule has 0 aliphatic heterocycles. The van der Waals surface area contributed by atoms with E-state index in [9.17, 15) is 9.59 Å². The van der Waals surface area contributed by atoms with Gasteiger partial charge in [-0.05, 0) is 42.4 Å². The van der Waals surface area contributed by atoms with Crippen LogP contribution >= 0.6 is 0 Å². The van der Waals surface area contributed by atoms with Crippen LogP contribution in [-0.2, 0) is 9.59 Å². The first kappa shape index (κ1) is 12.4. The third kappa shape index (κ3) is 2.17. The Morgan fingerprint density at radius 2 is 2.00 bits per heavy atom. The highest BCUT2D eigenvalue weighted by Gasteiger charge is 2.54. The summed E-state index contributed by atoms with van der Waals surface area (Å²) in [6.07, 6.45) is 4.34. The number of fused-ring (bicyclic) bond motifs is 1. The largest absolute Gasteiger partial charge is 0.481 e. The molecule has 2 fully saturated rings. The molecule has 0 aromatic carbocycles. The van der Waals surface area contributed by atoms with E-state index in [1.807, 2.05) is 0 Å². The van der Waals surface area contributed by atoms with Gasteiger partial charge in [0.25, 0.3) is 0 Å². The summed E-state index contributed by atoms with van der Waals surface area (Å²) in [5, 5.41) is 18.0. The molecule has 4 unspecified atom stereocenters. The average molecular weight is 240 g/mol. The molecular formula is C13H20O4. The SMILES string of the molecule is CC1C(CC(=O)O)CC2(CC(=O)O)CCCC12. The maximum absolute atomic E-state index is 11.0. The molecule has 0 bridgehead atoms. The summed E-state index contributed by atoms with van der Waals surface area (Å²) >= 11 is 0. The van der Waals surface area contributed by atoms with Crippen LogP contribution in [0.5, 0.6) is 0 Å². The van der Waals surface area contributed by atoms with Crippen molar-refractivity contribution in [1.82, 2.24) is 0 Å². The van der Waals surface area contributed by atoms with Crippen molar-refractivity contribution in [3.8, 4) is 0 Å². The highest BCUT2D eigenvalue weighted by atomic mass is 16.4. The highest BCUT2D eigenvalue weighted by molar-refractivity contribution is 5.69. The number of carboxylic acid groups (broad SMARTS) is 2. The van der Waals surface area contributed by atoms with E-state index in [0.717, 1.165) is 25.7 Å². The minimum atomic E-state index is -0.757. The molecule has 0 saturated heterocycles. The Labute approximate surface area is 101 Å². The summed E-state index contributed by atoms with van der Waals surface area (Å²) < 4.78 is 0. The van der Waals surface area contributed by atoms with Crippen LogP contribution in [0, 0.1) is 23.2 Å². The van der Waals surface area contributed by atoms with E-state index in [1.54, 1.807) is 0 Å². The van der Waals surface area contributed by atoms with E-state index in [0.29, 0.717) is 11.8 Å². The van der Waals surface area contributed by atoms with Crippen molar-refractivity contribution in [3.63, 3.8) is 0 Å². The maximum Gasteiger partial charge on any atom is 0.303 e. The van der Waals surface area contributed by atoms with Crippen molar-refractivity contribution in [2.24, 2.45) is 23.2 Å². The second-order valence-electron chi connectivity index (χ2n) is 5.85. The third-order valence-corrected chi connectivity index (χ3v) is 4.96. The third-order valence-electron chi connectivity index (χ3n) is 4.96. The molecule has 0 spiro atoms. The van der Waals surface area contributed by atoms with Gasteiger partial charge in [-0.3, -0.25) is 9.59 Å². The number of rotatable bonds is 4. The second-order valence-corrected chi connectivity index (χ2v) is 5.85. The van der Waals surface area contributed by atoms with Gasteiger partial charge < -0.3 is 10.2 Å². The predicted molar refractivity (Wildman–Crippen MR) is 61.6 cm³/mol. The van der Waals surface area contributed by atoms with Crippen molar-refractivity contribution < 1.29 is 19.8 Å². The summed E-state index contributed by atoms with van der Waals surface area (Å²) in [6.45, 7) is 2.10. The summed E-state index contributed by atoms with van der Waals surface area (Å²) in [4.78, 5) is 21.8. The van der Waals surface area contributed by atoms with E-state index in [4.69, 9.17) is 10.2 Å². The lowest BCUT2D eigenvalue weighted by Gasteiger charge is -2.28. The zero-order valence-corrected chi connectivity index (χ0v) is 10.2. The zero-order valence-electron chi connectivity index (χ0n) is 10.2. The molecule has 0 aromatic rings. The van der Waals surface area contributed by atoms with Crippen molar-refractivity contribution in [2.45, 2.75) is 45.4 Å². The van der Waals surface area contributed by atoms with Gasteiger partial charge in [0.15, 0.2) is 0 Å². The molecule has 2 aliphatic carbocycles. The van der Waals surface area contributed by atoms with Gasteiger partial charge in [0.2, 0.25) is 0 Å². The standard InChI is InChI=1S/C13H20O4/c1-8-9(5-11(14)15)6-13(7-12(16)17)4-2-3-10(8)13/h8-10H,2-7H2,1H3,(H,14,15)(H,16,17). The minimum Gasteiger partial charge on any atom is -0.481 e. The Bertz CT molecular complexity index is 338. The zero-order chi connectivity index (χ0) is 12.6. The van der Waals surface area contributed by atoms with Crippen molar-refractivity contribution in [3.05, 3.63) is 0 Å². The maximum atomic E-state index is 11.0. The smallest absolute Gasteiger partial charge is 0.303 e. The van der Waals surface area contributed by atoms with E-state index in [1.165, 1.54) is 0 Å². The van der Waals surface area contributed by atoms with Gasteiger partial charge in [0, 0.05) is 6.42 Å². The van der Waals surface area contributed by atoms with Crippen molar-refractivity contribution in [1.29, 1.82) is 0 Å². The average Bonchev–Trinajstić information content (AvgIpc) is 2.66. The molecule has 4 nitrogen and oxygen atoms in total. The van der Waals surface area contributed by atoms with Gasteiger partial charge in [-0.15, -0.1) is 0 Å². The quantitative estimate of drug-likeness (QED) is 0.791. The normalized spacial score (nSPS) is 40.2. The van der Waals surface area contributed by atoms with Crippen molar-refractivity contribution in [2.75, 3.05) is 0 Å². The highest BCUT2D eigenvalue weighted by Crippen LogP contribution is 2.61. The minimum absolute atomic E-state index is 0.106. The van der Waals surface area contributed by atoms with Gasteiger partial charge >= 0.3 is 11.9 Å². The van der Waals surface area contributed by atoms with Gasteiger partial charge in [-0.1, -0.05) is 13.3 Å². The molecule has 0 aromatic heterocycles. The Morgan fingerprint density at radius 1 is 1.29 bits per heavy atom. The monoisotopic (exact) mass is 240 g/mol. The van der Waals surface area contributed by atoms with Gasteiger partial charge in [-0.2, -0.15) is 0 Å². The first-order valence-electron chi connectivity index (χ1n) is 6.38. The number of carbonyl (C=O) groups is 2. The number of hydrogen-bond acceptors (Lipinski definition) is 2. The first-order valence-corrected chi connectivity index (χ1v) is 6.38. The molecule has 0 heterocycles. The Morgan fingerprint density at radius 3 is 2.59 bits per heavy atom. The number of carboxylic acids is 2. The molecule has 0 radical (unpaired) electrons. The van der Waals surface area contributed by atoms with Crippen LogP contribution in [0.25, 0.3) is 0 Å². The Hall–Kier alpha value is -1.06. The fourth-order valence-electron chi connectivity index (χ4n) is 4.35. The van der Waals surface area contributed by atoms with Gasteiger partial charge in [0.05, 0.1) is 6.42 Å². The van der Waals surface area contributed by atoms with E-state index < -0.39 is 11.9 Å². The van der Waals surface area contributed by atoms with Crippen LogP contribution in [-0.4, -0.2) is 22.2 Å². The molecule has 4 heteroatoms. The molecule has 2 rings (SSSR count). The molecule has 2 aliphatic rings. The molecule has 96 valence electrons. The van der Waals surface area contributed by atoms with Crippen LogP contribution in [0.1, 0.15) is 45.4 Å². The van der Waals surface area contributed by atoms with Gasteiger partial charge in [0.1, 0.15) is 0 Å². The topological polar surface area (TPSA) is 74.6 Å². The Balaban J connectivity index is 2.15. The van der Waals surface area contributed by atoms with Crippen LogP contribution in [0.15, 0.2) is 0 Å². The Kier molecular flexibility index (Phi) is 3.15. The lowest BCUT2D eigenvalue weighted by molar-refractivity contribution is -0.140. The summed E-state index contributed by atoms with van der Waals surface area (Å²) in [7, 11) is 0. The van der Waals surface area contributed by atoms with Crippen LogP contribution < -0.4 is 0 Å².